The second kappa shape index (κ2) is 10.7. The standard InChI is InChI=1S/C32H32F2N6O2/c1-6-28-25(13-21-7-9-22(10-8-21)32(33,34)19(2)3)27(15-35)26-14-23(11-12-29(26)37-28)31(42,30-16-36-38-39(30)5)24-17-40(18-24)20(4)41/h7-12,14,16,24,42H,2,6,13,17-18H2,1,3-5H3. The molecule has 0 aliphatic carbocycles. The lowest BCUT2D eigenvalue weighted by atomic mass is 9.74. The highest BCUT2D eigenvalue weighted by molar-refractivity contribution is 5.87. The number of pyridine rings is 1. The van der Waals surface area contributed by atoms with Gasteiger partial charge >= 0.3 is 0 Å². The molecule has 3 heterocycles. The number of nitriles is 1. The van der Waals surface area contributed by atoms with E-state index in [4.69, 9.17) is 4.98 Å². The molecule has 1 unspecified atom stereocenters. The van der Waals surface area contributed by atoms with E-state index in [1.807, 2.05) is 6.92 Å². The van der Waals surface area contributed by atoms with Crippen LogP contribution in [0.5, 0.6) is 0 Å². The Bertz CT molecular complexity index is 1730. The van der Waals surface area contributed by atoms with Crippen LogP contribution in [0.15, 0.2) is 60.8 Å². The van der Waals surface area contributed by atoms with E-state index in [2.05, 4.69) is 23.0 Å². The third kappa shape index (κ3) is 4.73. The van der Waals surface area contributed by atoms with Crippen molar-refractivity contribution in [2.45, 2.75) is 45.1 Å². The Balaban J connectivity index is 1.61. The molecule has 1 aliphatic heterocycles. The summed E-state index contributed by atoms with van der Waals surface area (Å²) in [6.45, 7) is 8.87. The van der Waals surface area contributed by atoms with E-state index in [9.17, 15) is 23.9 Å². The van der Waals surface area contributed by atoms with Crippen LogP contribution < -0.4 is 0 Å². The van der Waals surface area contributed by atoms with Gasteiger partial charge in [-0.3, -0.25) is 9.78 Å². The molecule has 1 aliphatic rings. The van der Waals surface area contributed by atoms with Crippen molar-refractivity contribution >= 4 is 16.8 Å². The highest BCUT2D eigenvalue weighted by Crippen LogP contribution is 2.42. The molecule has 1 amide bonds. The molecule has 8 nitrogen and oxygen atoms in total. The van der Waals surface area contributed by atoms with E-state index in [0.29, 0.717) is 59.2 Å². The number of hydrogen-bond acceptors (Lipinski definition) is 6. The van der Waals surface area contributed by atoms with E-state index in [0.717, 1.165) is 11.3 Å². The highest BCUT2D eigenvalue weighted by atomic mass is 19.3. The van der Waals surface area contributed by atoms with Crippen LogP contribution in [0.2, 0.25) is 0 Å². The van der Waals surface area contributed by atoms with E-state index in [-0.39, 0.29) is 23.0 Å². The van der Waals surface area contributed by atoms with Gasteiger partial charge in [-0.1, -0.05) is 49.0 Å². The first-order chi connectivity index (χ1) is 19.9. The van der Waals surface area contributed by atoms with Crippen LogP contribution >= 0.6 is 0 Å². The quantitative estimate of drug-likeness (QED) is 0.306. The average Bonchev–Trinajstić information content (AvgIpc) is 3.37. The fraction of sp³-hybridized carbons (Fsp3) is 0.344. The van der Waals surface area contributed by atoms with Crippen LogP contribution in [-0.2, 0) is 36.2 Å². The Hall–Kier alpha value is -4.49. The predicted molar refractivity (Wildman–Crippen MR) is 154 cm³/mol. The van der Waals surface area contributed by atoms with Crippen molar-refractivity contribution in [3.63, 3.8) is 0 Å². The number of nitrogens with zero attached hydrogens (tertiary/aromatic N) is 6. The maximum atomic E-state index is 14.5. The first-order valence-corrected chi connectivity index (χ1v) is 13.7. The van der Waals surface area contributed by atoms with Gasteiger partial charge in [-0.2, -0.15) is 14.0 Å². The van der Waals surface area contributed by atoms with Crippen LogP contribution in [0, 0.1) is 17.2 Å². The summed E-state index contributed by atoms with van der Waals surface area (Å²) in [5, 5.41) is 31.3. The van der Waals surface area contributed by atoms with Gasteiger partial charge in [0.1, 0.15) is 11.7 Å². The number of halogens is 2. The lowest BCUT2D eigenvalue weighted by Crippen LogP contribution is -2.58. The first-order valence-electron chi connectivity index (χ1n) is 13.7. The number of hydrogen-bond donors (Lipinski definition) is 1. The molecule has 1 fully saturated rings. The third-order valence-electron chi connectivity index (χ3n) is 8.31. The minimum atomic E-state index is -3.13. The molecule has 1 saturated heterocycles. The van der Waals surface area contributed by atoms with E-state index in [1.165, 1.54) is 36.9 Å². The van der Waals surface area contributed by atoms with Crippen molar-refractivity contribution in [1.82, 2.24) is 24.9 Å². The number of aromatic nitrogens is 4. The molecule has 1 N–H and O–H groups in total. The molecule has 0 bridgehead atoms. The molecule has 0 radical (unpaired) electrons. The van der Waals surface area contributed by atoms with E-state index >= 15 is 0 Å². The Kier molecular flexibility index (Phi) is 7.41. The number of likely N-dealkylation sites (tertiary alicyclic amines) is 1. The van der Waals surface area contributed by atoms with E-state index in [1.54, 1.807) is 42.3 Å². The average molecular weight is 571 g/mol. The number of carbonyl (C=O) groups is 1. The van der Waals surface area contributed by atoms with Crippen LogP contribution in [0.3, 0.4) is 0 Å². The minimum Gasteiger partial charge on any atom is -0.378 e. The SMILES string of the molecule is C=C(C)C(F)(F)c1ccc(Cc2c(CC)nc3ccc(C(O)(c4cnnn4C)C4CN(C(C)=O)C4)cc3c2C#N)cc1. The second-order valence-electron chi connectivity index (χ2n) is 11.0. The molecule has 216 valence electrons. The zero-order chi connectivity index (χ0) is 30.4. The van der Waals surface area contributed by atoms with Gasteiger partial charge in [-0.15, -0.1) is 5.10 Å². The topological polar surface area (TPSA) is 108 Å². The Labute approximate surface area is 242 Å². The van der Waals surface area contributed by atoms with Crippen molar-refractivity contribution in [1.29, 1.82) is 5.26 Å². The fourth-order valence-electron chi connectivity index (χ4n) is 5.71. The summed E-state index contributed by atoms with van der Waals surface area (Å²) in [7, 11) is 1.70. The molecule has 5 rings (SSSR count). The molecule has 2 aromatic carbocycles. The van der Waals surface area contributed by atoms with Crippen molar-refractivity contribution in [2.75, 3.05) is 13.1 Å². The number of rotatable bonds is 8. The fourth-order valence-corrected chi connectivity index (χ4v) is 5.71. The molecule has 0 spiro atoms. The number of fused-ring (bicyclic) bond motifs is 1. The number of alkyl halides is 2. The first kappa shape index (κ1) is 29.0. The maximum absolute atomic E-state index is 14.5. The summed E-state index contributed by atoms with van der Waals surface area (Å²) in [5.41, 5.74) is 2.34. The van der Waals surface area contributed by atoms with Crippen molar-refractivity contribution < 1.29 is 18.7 Å². The van der Waals surface area contributed by atoms with Crippen molar-refractivity contribution in [3.8, 4) is 6.07 Å². The van der Waals surface area contributed by atoms with Crippen LogP contribution in [0.1, 0.15) is 60.0 Å². The van der Waals surface area contributed by atoms with Gasteiger partial charge in [-0.25, -0.2) is 4.68 Å². The maximum Gasteiger partial charge on any atom is 0.294 e. The number of allylic oxidation sites excluding steroid dienone is 1. The van der Waals surface area contributed by atoms with Crippen LogP contribution in [-0.4, -0.2) is 49.0 Å². The Morgan fingerprint density at radius 2 is 1.83 bits per heavy atom. The molecular formula is C32H32F2N6O2. The summed E-state index contributed by atoms with van der Waals surface area (Å²) < 4.78 is 30.4. The number of aliphatic hydroxyl groups is 1. The number of benzene rings is 2. The summed E-state index contributed by atoms with van der Waals surface area (Å²) in [5.74, 6) is -3.52. The van der Waals surface area contributed by atoms with Crippen LogP contribution in [0.4, 0.5) is 8.78 Å². The van der Waals surface area contributed by atoms with Crippen molar-refractivity contribution in [2.24, 2.45) is 13.0 Å². The number of carbonyl (C=O) groups excluding carboxylic acids is 1. The summed E-state index contributed by atoms with van der Waals surface area (Å²) in [6.07, 6.45) is 2.40. The zero-order valence-corrected chi connectivity index (χ0v) is 24.0. The van der Waals surface area contributed by atoms with Gasteiger partial charge in [0.05, 0.1) is 23.0 Å². The van der Waals surface area contributed by atoms with Gasteiger partial charge in [0.15, 0.2) is 0 Å². The minimum absolute atomic E-state index is 0.0701. The lowest BCUT2D eigenvalue weighted by Gasteiger charge is -2.47. The smallest absolute Gasteiger partial charge is 0.294 e. The lowest BCUT2D eigenvalue weighted by molar-refractivity contribution is -0.142. The monoisotopic (exact) mass is 570 g/mol. The summed E-state index contributed by atoms with van der Waals surface area (Å²) in [4.78, 5) is 18.4. The van der Waals surface area contributed by atoms with Crippen LogP contribution in [0.25, 0.3) is 10.9 Å². The summed E-state index contributed by atoms with van der Waals surface area (Å²) >= 11 is 0. The summed E-state index contributed by atoms with van der Waals surface area (Å²) in [6, 6.07) is 13.8. The Morgan fingerprint density at radius 3 is 2.38 bits per heavy atom. The molecule has 0 saturated carbocycles. The zero-order valence-electron chi connectivity index (χ0n) is 24.0. The van der Waals surface area contributed by atoms with Gasteiger partial charge < -0.3 is 10.0 Å². The Morgan fingerprint density at radius 1 is 1.17 bits per heavy atom. The highest BCUT2D eigenvalue weighted by Gasteiger charge is 2.49. The molecule has 10 heteroatoms. The second-order valence-corrected chi connectivity index (χ2v) is 11.0. The largest absolute Gasteiger partial charge is 0.378 e. The van der Waals surface area contributed by atoms with Crippen molar-refractivity contribution in [3.05, 3.63) is 100 Å². The molecule has 1 atom stereocenters. The van der Waals surface area contributed by atoms with Gasteiger partial charge in [-0.05, 0) is 47.7 Å². The number of amides is 1. The molecule has 4 aromatic rings. The molecule has 2 aromatic heterocycles. The molecular weight excluding hydrogens is 538 g/mol. The van der Waals surface area contributed by atoms with E-state index < -0.39 is 11.5 Å². The van der Waals surface area contributed by atoms with Gasteiger partial charge in [0, 0.05) is 56.0 Å². The number of aryl methyl sites for hydroxylation is 2. The third-order valence-corrected chi connectivity index (χ3v) is 8.31. The van der Waals surface area contributed by atoms with Gasteiger partial charge in [0.2, 0.25) is 5.91 Å². The predicted octanol–water partition coefficient (Wildman–Crippen LogP) is 4.77. The molecule has 42 heavy (non-hydrogen) atoms. The normalized spacial score (nSPS) is 15.2. The van der Waals surface area contributed by atoms with Gasteiger partial charge in [0.25, 0.3) is 5.92 Å².